The number of piperidine rings is 1. The Labute approximate surface area is 121 Å². The van der Waals surface area contributed by atoms with Gasteiger partial charge in [0.2, 0.25) is 0 Å². The molecule has 0 saturated carbocycles. The molecule has 0 aromatic carbocycles. The van der Waals surface area contributed by atoms with Gasteiger partial charge in [-0.25, -0.2) is 0 Å². The average molecular weight is 294 g/mol. The maximum Gasteiger partial charge on any atom is 0.389 e. The Morgan fingerprint density at radius 1 is 1.15 bits per heavy atom. The highest BCUT2D eigenvalue weighted by Gasteiger charge is 2.38. The lowest BCUT2D eigenvalue weighted by Crippen LogP contribution is -2.59. The predicted molar refractivity (Wildman–Crippen MR) is 76.9 cm³/mol. The van der Waals surface area contributed by atoms with Crippen molar-refractivity contribution < 1.29 is 13.2 Å². The van der Waals surface area contributed by atoms with E-state index in [9.17, 15) is 13.2 Å². The smallest absolute Gasteiger partial charge is 0.315 e. The molecule has 2 atom stereocenters. The number of hydrogen-bond donors (Lipinski definition) is 1. The van der Waals surface area contributed by atoms with Crippen molar-refractivity contribution in [1.29, 1.82) is 0 Å². The molecule has 0 bridgehead atoms. The molecule has 0 amide bonds. The molecule has 1 heterocycles. The van der Waals surface area contributed by atoms with Crippen molar-refractivity contribution >= 4 is 0 Å². The van der Waals surface area contributed by atoms with E-state index >= 15 is 0 Å². The van der Waals surface area contributed by atoms with Crippen molar-refractivity contribution in [2.45, 2.75) is 76.6 Å². The van der Waals surface area contributed by atoms with Crippen LogP contribution in [0.1, 0.15) is 58.8 Å². The number of nitrogens with zero attached hydrogens (tertiary/aromatic N) is 1. The Morgan fingerprint density at radius 2 is 1.75 bits per heavy atom. The molecule has 0 radical (unpaired) electrons. The second-order valence-corrected chi connectivity index (χ2v) is 6.11. The Morgan fingerprint density at radius 3 is 2.20 bits per heavy atom. The van der Waals surface area contributed by atoms with Crippen molar-refractivity contribution in [3.8, 4) is 0 Å². The van der Waals surface area contributed by atoms with Gasteiger partial charge in [-0.1, -0.05) is 13.3 Å². The topological polar surface area (TPSA) is 15.3 Å². The summed E-state index contributed by atoms with van der Waals surface area (Å²) in [5.74, 6) is 0. The molecule has 1 aliphatic rings. The minimum Gasteiger partial charge on any atom is -0.315 e. The second-order valence-electron chi connectivity index (χ2n) is 6.11. The zero-order chi connectivity index (χ0) is 15.2. The maximum atomic E-state index is 12.3. The third kappa shape index (κ3) is 4.92. The van der Waals surface area contributed by atoms with Gasteiger partial charge < -0.3 is 5.32 Å². The Bertz CT molecular complexity index is 275. The van der Waals surface area contributed by atoms with E-state index in [1.807, 2.05) is 7.05 Å². The van der Waals surface area contributed by atoms with E-state index < -0.39 is 12.6 Å². The molecule has 0 aromatic heterocycles. The molecule has 120 valence electrons. The summed E-state index contributed by atoms with van der Waals surface area (Å²) in [6.07, 6.45) is 0.717. The molecule has 1 N–H and O–H groups in total. The Balaban J connectivity index is 2.62. The first-order valence-corrected chi connectivity index (χ1v) is 7.82. The van der Waals surface area contributed by atoms with Crippen LogP contribution in [0.5, 0.6) is 0 Å². The van der Waals surface area contributed by atoms with Gasteiger partial charge in [0, 0.05) is 18.0 Å². The van der Waals surface area contributed by atoms with Crippen molar-refractivity contribution in [3.63, 3.8) is 0 Å². The van der Waals surface area contributed by atoms with E-state index in [2.05, 4.69) is 24.1 Å². The normalized spacial score (nSPS) is 22.5. The molecule has 1 saturated heterocycles. The quantitative estimate of drug-likeness (QED) is 0.764. The highest BCUT2D eigenvalue weighted by Crippen LogP contribution is 2.31. The van der Waals surface area contributed by atoms with Crippen molar-refractivity contribution in [3.05, 3.63) is 0 Å². The van der Waals surface area contributed by atoms with Gasteiger partial charge in [-0.05, 0) is 59.2 Å². The molecular weight excluding hydrogens is 265 g/mol. The number of rotatable bonds is 7. The van der Waals surface area contributed by atoms with Gasteiger partial charge in [-0.2, -0.15) is 13.2 Å². The molecule has 20 heavy (non-hydrogen) atoms. The first kappa shape index (κ1) is 17.8. The van der Waals surface area contributed by atoms with E-state index in [0.29, 0.717) is 6.42 Å². The van der Waals surface area contributed by atoms with Crippen LogP contribution in [0.4, 0.5) is 13.2 Å². The van der Waals surface area contributed by atoms with Gasteiger partial charge in [0.1, 0.15) is 0 Å². The minimum atomic E-state index is -4.04. The molecule has 1 fully saturated rings. The lowest BCUT2D eigenvalue weighted by molar-refractivity contribution is -0.136. The highest BCUT2D eigenvalue weighted by molar-refractivity contribution is 4.96. The predicted octanol–water partition coefficient (Wildman–Crippen LogP) is 3.96. The van der Waals surface area contributed by atoms with Crippen LogP contribution in [0.2, 0.25) is 0 Å². The highest BCUT2D eigenvalue weighted by atomic mass is 19.4. The van der Waals surface area contributed by atoms with Crippen LogP contribution in [0.3, 0.4) is 0 Å². The Hall–Kier alpha value is -0.290. The second kappa shape index (κ2) is 7.64. The molecule has 2 nitrogen and oxygen atoms in total. The maximum absolute atomic E-state index is 12.3. The molecule has 5 heteroatoms. The van der Waals surface area contributed by atoms with Gasteiger partial charge in [-0.15, -0.1) is 0 Å². The van der Waals surface area contributed by atoms with Crippen molar-refractivity contribution in [2.75, 3.05) is 20.1 Å². The molecule has 1 aliphatic heterocycles. The Kier molecular flexibility index (Phi) is 6.79. The van der Waals surface area contributed by atoms with Crippen LogP contribution in [-0.2, 0) is 0 Å². The van der Waals surface area contributed by atoms with E-state index in [4.69, 9.17) is 0 Å². The van der Waals surface area contributed by atoms with Gasteiger partial charge >= 0.3 is 6.18 Å². The number of hydrogen-bond acceptors (Lipinski definition) is 2. The van der Waals surface area contributed by atoms with Gasteiger partial charge in [0.15, 0.2) is 0 Å². The van der Waals surface area contributed by atoms with E-state index in [0.717, 1.165) is 19.5 Å². The summed E-state index contributed by atoms with van der Waals surface area (Å²) in [5, 5.41) is 3.27. The number of alkyl halides is 3. The number of likely N-dealkylation sites (N-methyl/N-ethyl adjacent to an activating group) is 1. The lowest BCUT2D eigenvalue weighted by Gasteiger charge is -2.48. The first-order chi connectivity index (χ1) is 9.33. The van der Waals surface area contributed by atoms with E-state index in [1.54, 1.807) is 0 Å². The molecular formula is C15H29F3N2. The summed E-state index contributed by atoms with van der Waals surface area (Å²) in [7, 11) is 1.87. The van der Waals surface area contributed by atoms with Crippen LogP contribution in [0.15, 0.2) is 0 Å². The summed E-state index contributed by atoms with van der Waals surface area (Å²) in [5.41, 5.74) is -0.0409. The van der Waals surface area contributed by atoms with Crippen LogP contribution >= 0.6 is 0 Å². The number of halogens is 3. The molecule has 0 aliphatic carbocycles. The summed E-state index contributed by atoms with van der Waals surface area (Å²) in [6, 6.07) is 0.118. The fourth-order valence-corrected chi connectivity index (χ4v) is 3.37. The number of likely N-dealkylation sites (tertiary alicyclic amines) is 1. The molecule has 0 aromatic rings. The molecule has 2 unspecified atom stereocenters. The fraction of sp³-hybridized carbons (Fsp3) is 1.00. The van der Waals surface area contributed by atoms with Crippen LogP contribution < -0.4 is 5.32 Å². The minimum absolute atomic E-state index is 0.0409. The largest absolute Gasteiger partial charge is 0.389 e. The first-order valence-electron chi connectivity index (χ1n) is 7.82. The third-order valence-electron chi connectivity index (χ3n) is 4.85. The van der Waals surface area contributed by atoms with Crippen LogP contribution in [0.25, 0.3) is 0 Å². The van der Waals surface area contributed by atoms with Crippen molar-refractivity contribution in [1.82, 2.24) is 10.2 Å². The number of nitrogens with one attached hydrogen (secondary N) is 1. The lowest BCUT2D eigenvalue weighted by atomic mass is 9.83. The molecule has 0 spiro atoms. The fourth-order valence-electron chi connectivity index (χ4n) is 3.37. The van der Waals surface area contributed by atoms with E-state index in [-0.39, 0.29) is 18.0 Å². The average Bonchev–Trinajstić information content (AvgIpc) is 2.42. The zero-order valence-electron chi connectivity index (χ0n) is 13.0. The summed E-state index contributed by atoms with van der Waals surface area (Å²) in [6.45, 7) is 6.49. The monoisotopic (exact) mass is 294 g/mol. The van der Waals surface area contributed by atoms with Crippen LogP contribution in [0, 0.1) is 0 Å². The summed E-state index contributed by atoms with van der Waals surface area (Å²) < 4.78 is 36.9. The van der Waals surface area contributed by atoms with E-state index in [1.165, 1.54) is 19.3 Å². The summed E-state index contributed by atoms with van der Waals surface area (Å²) >= 11 is 0. The standard InChI is InChI=1S/C15H29F3N2/c1-4-14(2,20-11-6-5-7-12-20)13(19-3)9-8-10-15(16,17)18/h13,19H,4-12H2,1-3H3. The molecule has 1 rings (SSSR count). The summed E-state index contributed by atoms with van der Waals surface area (Å²) in [4.78, 5) is 2.48. The zero-order valence-corrected chi connectivity index (χ0v) is 13.0. The van der Waals surface area contributed by atoms with Gasteiger partial charge in [0.05, 0.1) is 0 Å². The SMILES string of the molecule is CCC(C)(C(CCCC(F)(F)F)NC)N1CCCCC1. The van der Waals surface area contributed by atoms with Crippen LogP contribution in [-0.4, -0.2) is 42.8 Å². The third-order valence-corrected chi connectivity index (χ3v) is 4.85. The van der Waals surface area contributed by atoms with Gasteiger partial charge in [0.25, 0.3) is 0 Å². The van der Waals surface area contributed by atoms with Gasteiger partial charge in [-0.3, -0.25) is 4.90 Å². The van der Waals surface area contributed by atoms with Crippen molar-refractivity contribution in [2.24, 2.45) is 0 Å².